The van der Waals surface area contributed by atoms with Gasteiger partial charge >= 0.3 is 0 Å². The minimum Gasteiger partial charge on any atom is -0.507 e. The Morgan fingerprint density at radius 3 is 2.62 bits per heavy atom. The van der Waals surface area contributed by atoms with Gasteiger partial charge in [0.2, 0.25) is 10.0 Å². The van der Waals surface area contributed by atoms with Gasteiger partial charge in [-0.1, -0.05) is 0 Å². The van der Waals surface area contributed by atoms with E-state index in [1.54, 1.807) is 0 Å². The van der Waals surface area contributed by atoms with Crippen LogP contribution in [0.5, 0.6) is 5.75 Å². The van der Waals surface area contributed by atoms with Gasteiger partial charge in [-0.3, -0.25) is 9.52 Å². The van der Waals surface area contributed by atoms with Crippen molar-refractivity contribution in [3.8, 4) is 18.1 Å². The number of nitrogens with one attached hydrogen (secondary N) is 2. The Morgan fingerprint density at radius 1 is 1.38 bits per heavy atom. The number of nitrogens with zero attached hydrogens (tertiary/aromatic N) is 2. The lowest BCUT2D eigenvalue weighted by Crippen LogP contribution is -2.28. The van der Waals surface area contributed by atoms with E-state index >= 15 is 0 Å². The molecule has 1 aliphatic heterocycles. The highest BCUT2D eigenvalue weighted by molar-refractivity contribution is 7.92. The second-order valence-electron chi connectivity index (χ2n) is 5.50. The molecule has 0 saturated heterocycles. The number of sulfonamides is 1. The van der Waals surface area contributed by atoms with Crippen LogP contribution in [0.2, 0.25) is 0 Å². The van der Waals surface area contributed by atoms with Crippen LogP contribution in [-0.4, -0.2) is 37.9 Å². The van der Waals surface area contributed by atoms with Crippen molar-refractivity contribution >= 4 is 21.6 Å². The number of terminal acetylenes is 1. The molecule has 0 aromatic heterocycles. The largest absolute Gasteiger partial charge is 0.507 e. The van der Waals surface area contributed by atoms with Gasteiger partial charge in [0.25, 0.3) is 5.91 Å². The van der Waals surface area contributed by atoms with Crippen LogP contribution in [0.15, 0.2) is 28.4 Å². The summed E-state index contributed by atoms with van der Waals surface area (Å²) in [6.45, 7) is 0.333. The topological polar surface area (TPSA) is 120 Å². The van der Waals surface area contributed by atoms with Crippen molar-refractivity contribution in [2.24, 2.45) is 10.2 Å². The molecular weight excluding hydrogens is 332 g/mol. The first kappa shape index (κ1) is 17.7. The maximum Gasteiger partial charge on any atom is 0.255 e. The maximum absolute atomic E-state index is 12.1. The smallest absolute Gasteiger partial charge is 0.255 e. The van der Waals surface area contributed by atoms with Crippen molar-refractivity contribution in [1.29, 1.82) is 0 Å². The molecule has 0 atom stereocenters. The molecule has 3 N–H and O–H groups in total. The third-order valence-electron chi connectivity index (χ3n) is 3.41. The van der Waals surface area contributed by atoms with E-state index in [-0.39, 0.29) is 17.0 Å². The van der Waals surface area contributed by atoms with Crippen LogP contribution in [-0.2, 0) is 10.0 Å². The maximum atomic E-state index is 12.1. The Bertz CT molecular complexity index is 805. The quantitative estimate of drug-likeness (QED) is 0.615. The fourth-order valence-electron chi connectivity index (χ4n) is 2.14. The number of hydrogen-bond donors (Lipinski definition) is 3. The highest BCUT2D eigenvalue weighted by Gasteiger charge is 2.38. The van der Waals surface area contributed by atoms with Crippen LogP contribution in [0.4, 0.5) is 5.69 Å². The Morgan fingerprint density at radius 2 is 2.08 bits per heavy atom. The predicted octanol–water partition coefficient (Wildman–Crippen LogP) is 1.46. The van der Waals surface area contributed by atoms with Gasteiger partial charge in [-0.2, -0.15) is 10.2 Å². The molecule has 8 nitrogen and oxygen atoms in total. The molecule has 0 unspecified atom stereocenters. The molecule has 24 heavy (non-hydrogen) atoms. The fraction of sp³-hybridized carbons (Fsp3) is 0.400. The van der Waals surface area contributed by atoms with Gasteiger partial charge in [-0.25, -0.2) is 8.42 Å². The summed E-state index contributed by atoms with van der Waals surface area (Å²) in [5, 5.41) is 20.5. The van der Waals surface area contributed by atoms with E-state index in [2.05, 4.69) is 26.2 Å². The number of carbonyl (C=O) groups excluding carboxylic acids is 1. The molecule has 128 valence electrons. The third-order valence-corrected chi connectivity index (χ3v) is 4.02. The second kappa shape index (κ2) is 6.88. The summed E-state index contributed by atoms with van der Waals surface area (Å²) in [4.78, 5) is 12.1. The van der Waals surface area contributed by atoms with Crippen LogP contribution in [0.25, 0.3) is 0 Å². The molecule has 0 bridgehead atoms. The number of carbonyl (C=O) groups is 1. The van der Waals surface area contributed by atoms with E-state index in [9.17, 15) is 18.3 Å². The average molecular weight is 350 g/mol. The highest BCUT2D eigenvalue weighted by Crippen LogP contribution is 2.36. The van der Waals surface area contributed by atoms with Crippen LogP contribution < -0.4 is 10.0 Å². The lowest BCUT2D eigenvalue weighted by Gasteiger charge is -2.11. The summed E-state index contributed by atoms with van der Waals surface area (Å²) in [5.41, 5.74) is -0.253. The first-order valence-electron chi connectivity index (χ1n) is 7.21. The molecule has 0 fully saturated rings. The number of phenolic OH excluding ortho intramolecular Hbond substituents is 1. The zero-order valence-electron chi connectivity index (χ0n) is 13.1. The Balaban J connectivity index is 1.90. The molecule has 1 aromatic rings. The molecule has 0 spiro atoms. The number of anilines is 1. The average Bonchev–Trinajstić information content (AvgIpc) is 3.23. The third kappa shape index (κ3) is 4.96. The van der Waals surface area contributed by atoms with Crippen LogP contribution in [0, 0.1) is 12.3 Å². The number of phenols is 1. The zero-order chi connectivity index (χ0) is 17.8. The lowest BCUT2D eigenvalue weighted by molar-refractivity contribution is 0.0949. The Kier molecular flexibility index (Phi) is 5.09. The zero-order valence-corrected chi connectivity index (χ0v) is 13.9. The van der Waals surface area contributed by atoms with E-state index < -0.39 is 21.6 Å². The molecule has 1 amide bonds. The molecule has 1 aliphatic rings. The fourth-order valence-corrected chi connectivity index (χ4v) is 2.70. The van der Waals surface area contributed by atoms with Gasteiger partial charge in [-0.15, -0.1) is 12.3 Å². The van der Waals surface area contributed by atoms with E-state index in [1.807, 2.05) is 0 Å². The van der Waals surface area contributed by atoms with Gasteiger partial charge in [0.05, 0.1) is 17.5 Å². The molecule has 0 saturated carbocycles. The van der Waals surface area contributed by atoms with E-state index in [4.69, 9.17) is 6.42 Å². The molecule has 0 aliphatic carbocycles. The molecule has 9 heteroatoms. The van der Waals surface area contributed by atoms with Crippen LogP contribution >= 0.6 is 0 Å². The standard InChI is InChI=1S/C15H18N4O4S/c1-3-4-7-15(18-19-15)8-9-16-14(21)12-6-5-11(10-13(12)20)17-24(2,22)23/h1,5-6,10,17,20H,4,7-9H2,2H3,(H,16,21). The normalized spacial score (nSPS) is 14.7. The van der Waals surface area contributed by atoms with Gasteiger partial charge < -0.3 is 10.4 Å². The van der Waals surface area contributed by atoms with Gasteiger partial charge in [0.1, 0.15) is 5.75 Å². The SMILES string of the molecule is C#CCCC1(CCNC(=O)c2ccc(NS(C)(=O)=O)cc2O)N=N1. The van der Waals surface area contributed by atoms with Crippen molar-refractivity contribution in [3.63, 3.8) is 0 Å². The highest BCUT2D eigenvalue weighted by atomic mass is 32.2. The van der Waals surface area contributed by atoms with Gasteiger partial charge in [0, 0.05) is 31.9 Å². The first-order chi connectivity index (χ1) is 11.2. The van der Waals surface area contributed by atoms with Gasteiger partial charge in [0.15, 0.2) is 5.66 Å². The monoisotopic (exact) mass is 350 g/mol. The summed E-state index contributed by atoms with van der Waals surface area (Å²) >= 11 is 0. The Labute approximate surface area is 140 Å². The van der Waals surface area contributed by atoms with E-state index in [0.29, 0.717) is 25.8 Å². The Hall–Kier alpha value is -2.60. The number of rotatable bonds is 8. The molecule has 1 heterocycles. The summed E-state index contributed by atoms with van der Waals surface area (Å²) in [7, 11) is -3.45. The summed E-state index contributed by atoms with van der Waals surface area (Å²) in [6, 6.07) is 3.92. The first-order valence-corrected chi connectivity index (χ1v) is 9.10. The van der Waals surface area contributed by atoms with Crippen LogP contribution in [0.1, 0.15) is 29.6 Å². The van der Waals surface area contributed by atoms with Gasteiger partial charge in [-0.05, 0) is 12.1 Å². The minimum absolute atomic E-state index is 0.0522. The lowest BCUT2D eigenvalue weighted by atomic mass is 10.0. The number of hydrogen-bond acceptors (Lipinski definition) is 6. The number of amides is 1. The van der Waals surface area contributed by atoms with Crippen LogP contribution in [0.3, 0.4) is 0 Å². The van der Waals surface area contributed by atoms with E-state index in [0.717, 1.165) is 6.26 Å². The summed E-state index contributed by atoms with van der Waals surface area (Å²) in [5.74, 6) is 1.75. The van der Waals surface area contributed by atoms with Crippen molar-refractivity contribution in [2.45, 2.75) is 24.9 Å². The molecule has 2 rings (SSSR count). The van der Waals surface area contributed by atoms with Crippen molar-refractivity contribution in [2.75, 3.05) is 17.5 Å². The minimum atomic E-state index is -3.45. The number of aromatic hydroxyl groups is 1. The number of benzene rings is 1. The summed E-state index contributed by atoms with van der Waals surface area (Å²) in [6.07, 6.45) is 7.96. The molecular formula is C15H18N4O4S. The molecule has 1 aromatic carbocycles. The predicted molar refractivity (Wildman–Crippen MR) is 89.2 cm³/mol. The van der Waals surface area contributed by atoms with Crippen molar-refractivity contribution < 1.29 is 18.3 Å². The van der Waals surface area contributed by atoms with E-state index in [1.165, 1.54) is 18.2 Å². The van der Waals surface area contributed by atoms with Crippen molar-refractivity contribution in [1.82, 2.24) is 5.32 Å². The van der Waals surface area contributed by atoms with Crippen molar-refractivity contribution in [3.05, 3.63) is 23.8 Å². The summed E-state index contributed by atoms with van der Waals surface area (Å²) < 4.78 is 24.5. The second-order valence-corrected chi connectivity index (χ2v) is 7.25. The molecule has 0 radical (unpaired) electrons.